The summed E-state index contributed by atoms with van der Waals surface area (Å²) in [4.78, 5) is 43.6. The van der Waals surface area contributed by atoms with Gasteiger partial charge in [-0.1, -0.05) is 0 Å². The molecule has 3 amide bonds. The highest BCUT2D eigenvalue weighted by molar-refractivity contribution is 5.98. The quantitative estimate of drug-likeness (QED) is 0.881. The van der Waals surface area contributed by atoms with Crippen molar-refractivity contribution in [3.8, 4) is 0 Å². The summed E-state index contributed by atoms with van der Waals surface area (Å²) in [6.45, 7) is 7.50. The summed E-state index contributed by atoms with van der Waals surface area (Å²) in [5, 5.41) is 2.75. The summed E-state index contributed by atoms with van der Waals surface area (Å²) in [6, 6.07) is 3.08. The third-order valence-electron chi connectivity index (χ3n) is 3.75. The molecule has 0 aromatic carbocycles. The lowest BCUT2D eigenvalue weighted by Crippen LogP contribution is -2.50. The van der Waals surface area contributed by atoms with E-state index in [4.69, 9.17) is 4.74 Å². The van der Waals surface area contributed by atoms with Crippen LogP contribution in [0.3, 0.4) is 0 Å². The maximum atomic E-state index is 12.6. The molecule has 0 unspecified atom stereocenters. The average Bonchev–Trinajstić information content (AvgIpc) is 2.61. The molecule has 0 atom stereocenters. The second-order valence-corrected chi connectivity index (χ2v) is 6.04. The number of piperazine rings is 1. The minimum absolute atomic E-state index is 0.00962. The van der Waals surface area contributed by atoms with Crippen molar-refractivity contribution < 1.29 is 19.1 Å². The Morgan fingerprint density at radius 1 is 1.20 bits per heavy atom. The SMILES string of the molecule is CCOC(=O)N1CCN(C(=O)c2ccnc(C(=O)NC(C)C)c2)CC1. The van der Waals surface area contributed by atoms with Gasteiger partial charge in [0.1, 0.15) is 5.69 Å². The largest absolute Gasteiger partial charge is 0.450 e. The number of hydrogen-bond acceptors (Lipinski definition) is 5. The van der Waals surface area contributed by atoms with Crippen LogP contribution in [0, 0.1) is 0 Å². The molecular weight excluding hydrogens is 324 g/mol. The Kier molecular flexibility index (Phi) is 6.32. The number of nitrogens with zero attached hydrogens (tertiary/aromatic N) is 3. The van der Waals surface area contributed by atoms with E-state index >= 15 is 0 Å². The first kappa shape index (κ1) is 18.7. The summed E-state index contributed by atoms with van der Waals surface area (Å²) in [7, 11) is 0. The van der Waals surface area contributed by atoms with Crippen LogP contribution in [0.25, 0.3) is 0 Å². The van der Waals surface area contributed by atoms with Crippen LogP contribution in [0.2, 0.25) is 0 Å². The van der Waals surface area contributed by atoms with Crippen LogP contribution in [-0.4, -0.2) is 71.5 Å². The molecule has 2 heterocycles. The van der Waals surface area contributed by atoms with Gasteiger partial charge in [0, 0.05) is 44.0 Å². The van der Waals surface area contributed by atoms with Crippen LogP contribution in [0.1, 0.15) is 41.6 Å². The van der Waals surface area contributed by atoms with E-state index in [2.05, 4.69) is 10.3 Å². The van der Waals surface area contributed by atoms with Gasteiger partial charge in [-0.05, 0) is 32.9 Å². The molecule has 25 heavy (non-hydrogen) atoms. The van der Waals surface area contributed by atoms with Gasteiger partial charge in [0.05, 0.1) is 6.61 Å². The maximum Gasteiger partial charge on any atom is 0.409 e. The Balaban J connectivity index is 2.00. The van der Waals surface area contributed by atoms with Crippen LogP contribution >= 0.6 is 0 Å². The van der Waals surface area contributed by atoms with Crippen molar-refractivity contribution in [1.29, 1.82) is 0 Å². The first-order valence-electron chi connectivity index (χ1n) is 8.40. The molecule has 136 valence electrons. The second kappa shape index (κ2) is 8.46. The van der Waals surface area contributed by atoms with Crippen molar-refractivity contribution in [1.82, 2.24) is 20.1 Å². The smallest absolute Gasteiger partial charge is 0.409 e. The highest BCUT2D eigenvalue weighted by Crippen LogP contribution is 2.11. The predicted molar refractivity (Wildman–Crippen MR) is 91.3 cm³/mol. The normalized spacial score (nSPS) is 14.4. The van der Waals surface area contributed by atoms with Gasteiger partial charge >= 0.3 is 6.09 Å². The Morgan fingerprint density at radius 3 is 2.44 bits per heavy atom. The lowest BCUT2D eigenvalue weighted by Gasteiger charge is -2.34. The van der Waals surface area contributed by atoms with Crippen molar-refractivity contribution in [2.24, 2.45) is 0 Å². The summed E-state index contributed by atoms with van der Waals surface area (Å²) in [5.41, 5.74) is 0.623. The molecule has 2 rings (SSSR count). The molecule has 0 aliphatic carbocycles. The second-order valence-electron chi connectivity index (χ2n) is 6.04. The number of ether oxygens (including phenoxy) is 1. The number of amides is 3. The Bertz CT molecular complexity index is 639. The van der Waals surface area contributed by atoms with E-state index in [1.54, 1.807) is 22.8 Å². The Labute approximate surface area is 147 Å². The third-order valence-corrected chi connectivity index (χ3v) is 3.75. The molecule has 1 aliphatic heterocycles. The highest BCUT2D eigenvalue weighted by Gasteiger charge is 2.26. The number of nitrogens with one attached hydrogen (secondary N) is 1. The molecule has 1 fully saturated rings. The fourth-order valence-electron chi connectivity index (χ4n) is 2.51. The molecule has 0 spiro atoms. The van der Waals surface area contributed by atoms with Crippen LogP contribution in [0.15, 0.2) is 18.3 Å². The van der Waals surface area contributed by atoms with Crippen molar-refractivity contribution in [2.45, 2.75) is 26.8 Å². The molecule has 1 N–H and O–H groups in total. The minimum atomic E-state index is -0.355. The standard InChI is InChI=1S/C17H24N4O4/c1-4-25-17(24)21-9-7-20(8-10-21)16(23)13-5-6-18-14(11-13)15(22)19-12(2)3/h5-6,11-12H,4,7-10H2,1-3H3,(H,19,22). The fourth-order valence-corrected chi connectivity index (χ4v) is 2.51. The molecule has 1 aromatic rings. The van der Waals surface area contributed by atoms with Gasteiger partial charge in [0.2, 0.25) is 0 Å². The summed E-state index contributed by atoms with van der Waals surface area (Å²) in [6.07, 6.45) is 1.10. The number of carbonyl (C=O) groups is 3. The molecular formula is C17H24N4O4. The lowest BCUT2D eigenvalue weighted by molar-refractivity contribution is 0.0570. The van der Waals surface area contributed by atoms with E-state index in [1.165, 1.54) is 12.3 Å². The predicted octanol–water partition coefficient (Wildman–Crippen LogP) is 1.13. The number of rotatable bonds is 4. The molecule has 8 heteroatoms. The average molecular weight is 348 g/mol. The van der Waals surface area contributed by atoms with Gasteiger partial charge in [-0.15, -0.1) is 0 Å². The first-order chi connectivity index (χ1) is 11.9. The number of carbonyl (C=O) groups excluding carboxylic acids is 3. The number of aromatic nitrogens is 1. The molecule has 1 aromatic heterocycles. The van der Waals surface area contributed by atoms with Gasteiger partial charge < -0.3 is 19.9 Å². The van der Waals surface area contributed by atoms with E-state index in [9.17, 15) is 14.4 Å². The zero-order valence-corrected chi connectivity index (χ0v) is 14.8. The van der Waals surface area contributed by atoms with Gasteiger partial charge in [0.25, 0.3) is 11.8 Å². The van der Waals surface area contributed by atoms with Crippen LogP contribution in [-0.2, 0) is 4.74 Å². The van der Waals surface area contributed by atoms with Crippen molar-refractivity contribution in [3.63, 3.8) is 0 Å². The summed E-state index contributed by atoms with van der Waals surface area (Å²) >= 11 is 0. The number of hydrogen-bond donors (Lipinski definition) is 1. The fraction of sp³-hybridized carbons (Fsp3) is 0.529. The van der Waals surface area contributed by atoms with Crippen molar-refractivity contribution in [3.05, 3.63) is 29.6 Å². The molecule has 0 bridgehead atoms. The Morgan fingerprint density at radius 2 is 1.84 bits per heavy atom. The molecule has 1 saturated heterocycles. The Hall–Kier alpha value is -2.64. The molecule has 0 radical (unpaired) electrons. The summed E-state index contributed by atoms with van der Waals surface area (Å²) < 4.78 is 4.97. The van der Waals surface area contributed by atoms with Gasteiger partial charge in [-0.2, -0.15) is 0 Å². The third kappa shape index (κ3) is 4.91. The van der Waals surface area contributed by atoms with Gasteiger partial charge in [-0.3, -0.25) is 14.6 Å². The first-order valence-corrected chi connectivity index (χ1v) is 8.40. The zero-order valence-electron chi connectivity index (χ0n) is 14.8. The minimum Gasteiger partial charge on any atom is -0.450 e. The summed E-state index contributed by atoms with van der Waals surface area (Å²) in [5.74, 6) is -0.485. The van der Waals surface area contributed by atoms with Gasteiger partial charge in [0.15, 0.2) is 0 Å². The van der Waals surface area contributed by atoms with Crippen LogP contribution in [0.5, 0.6) is 0 Å². The van der Waals surface area contributed by atoms with Crippen LogP contribution in [0.4, 0.5) is 4.79 Å². The maximum absolute atomic E-state index is 12.6. The van der Waals surface area contributed by atoms with E-state index in [1.807, 2.05) is 13.8 Å². The van der Waals surface area contributed by atoms with E-state index < -0.39 is 0 Å². The van der Waals surface area contributed by atoms with E-state index in [-0.39, 0.29) is 29.6 Å². The van der Waals surface area contributed by atoms with Crippen molar-refractivity contribution >= 4 is 17.9 Å². The zero-order chi connectivity index (χ0) is 18.4. The van der Waals surface area contributed by atoms with Gasteiger partial charge in [-0.25, -0.2) is 4.79 Å². The lowest BCUT2D eigenvalue weighted by atomic mass is 10.1. The van der Waals surface area contributed by atoms with E-state index in [0.29, 0.717) is 38.3 Å². The molecule has 0 saturated carbocycles. The molecule has 1 aliphatic rings. The van der Waals surface area contributed by atoms with E-state index in [0.717, 1.165) is 0 Å². The highest BCUT2D eigenvalue weighted by atomic mass is 16.6. The monoisotopic (exact) mass is 348 g/mol. The van der Waals surface area contributed by atoms with Crippen molar-refractivity contribution in [2.75, 3.05) is 32.8 Å². The number of pyridine rings is 1. The molecule has 8 nitrogen and oxygen atoms in total. The van der Waals surface area contributed by atoms with Crippen LogP contribution < -0.4 is 5.32 Å². The topological polar surface area (TPSA) is 91.8 Å².